The summed E-state index contributed by atoms with van der Waals surface area (Å²) in [5.74, 6) is 7.37. The summed E-state index contributed by atoms with van der Waals surface area (Å²) in [5, 5.41) is 0. The van der Waals surface area contributed by atoms with E-state index in [1.165, 1.54) is 57.8 Å². The van der Waals surface area contributed by atoms with Crippen molar-refractivity contribution < 1.29 is 0 Å². The van der Waals surface area contributed by atoms with E-state index in [4.69, 9.17) is 5.84 Å². The maximum atomic E-state index is 5.99. The van der Waals surface area contributed by atoms with Crippen LogP contribution < -0.4 is 11.3 Å². The Morgan fingerprint density at radius 2 is 1.70 bits per heavy atom. The lowest BCUT2D eigenvalue weighted by Gasteiger charge is -2.36. The average molecular weight is 272 g/mol. The Morgan fingerprint density at radius 3 is 2.45 bits per heavy atom. The molecule has 2 aliphatic rings. The first-order valence-electron chi connectivity index (χ1n) is 8.44. The SMILES string of the molecule is NNC(C1CCCCCC1)C1CCCc2ccccc21. The predicted octanol–water partition coefficient (Wildman–Crippen LogP) is 3.91. The lowest BCUT2D eigenvalue weighted by atomic mass is 9.73. The summed E-state index contributed by atoms with van der Waals surface area (Å²) in [6, 6.07) is 9.48. The van der Waals surface area contributed by atoms with Crippen molar-refractivity contribution in [2.45, 2.75) is 69.7 Å². The van der Waals surface area contributed by atoms with Crippen LogP contribution in [0.5, 0.6) is 0 Å². The van der Waals surface area contributed by atoms with Gasteiger partial charge >= 0.3 is 0 Å². The predicted molar refractivity (Wildman–Crippen MR) is 84.4 cm³/mol. The molecule has 2 atom stereocenters. The quantitative estimate of drug-likeness (QED) is 0.497. The van der Waals surface area contributed by atoms with Gasteiger partial charge in [0.05, 0.1) is 0 Å². The van der Waals surface area contributed by atoms with Crippen LogP contribution in [0.15, 0.2) is 24.3 Å². The third kappa shape index (κ3) is 2.91. The number of rotatable bonds is 3. The van der Waals surface area contributed by atoms with Crippen molar-refractivity contribution in [3.8, 4) is 0 Å². The number of nitrogens with two attached hydrogens (primary N) is 1. The van der Waals surface area contributed by atoms with Gasteiger partial charge in [-0.05, 0) is 49.1 Å². The van der Waals surface area contributed by atoms with Gasteiger partial charge in [-0.2, -0.15) is 0 Å². The van der Waals surface area contributed by atoms with E-state index in [2.05, 4.69) is 29.7 Å². The normalized spacial score (nSPS) is 25.8. The van der Waals surface area contributed by atoms with Crippen LogP contribution in [0.4, 0.5) is 0 Å². The molecule has 1 saturated carbocycles. The molecule has 3 rings (SSSR count). The third-order valence-electron chi connectivity index (χ3n) is 5.45. The van der Waals surface area contributed by atoms with Crippen LogP contribution in [0.2, 0.25) is 0 Å². The molecule has 0 aromatic heterocycles. The molecular formula is C18H28N2. The Labute approximate surface area is 123 Å². The van der Waals surface area contributed by atoms with Gasteiger partial charge in [-0.15, -0.1) is 0 Å². The van der Waals surface area contributed by atoms with Crippen LogP contribution in [0.1, 0.15) is 68.4 Å². The number of hydrogen-bond acceptors (Lipinski definition) is 2. The number of benzene rings is 1. The highest BCUT2D eigenvalue weighted by molar-refractivity contribution is 5.34. The minimum absolute atomic E-state index is 0.467. The number of aryl methyl sites for hydroxylation is 1. The first kappa shape index (κ1) is 14.1. The molecule has 2 nitrogen and oxygen atoms in total. The van der Waals surface area contributed by atoms with Crippen LogP contribution in [0.25, 0.3) is 0 Å². The monoisotopic (exact) mass is 272 g/mol. The molecular weight excluding hydrogens is 244 g/mol. The molecule has 0 saturated heterocycles. The van der Waals surface area contributed by atoms with Crippen molar-refractivity contribution in [2.24, 2.45) is 11.8 Å². The van der Waals surface area contributed by atoms with Crippen molar-refractivity contribution in [3.63, 3.8) is 0 Å². The Morgan fingerprint density at radius 1 is 0.950 bits per heavy atom. The molecule has 0 spiro atoms. The molecule has 0 radical (unpaired) electrons. The largest absolute Gasteiger partial charge is 0.271 e. The molecule has 0 amide bonds. The standard InChI is InChI=1S/C18H28N2/c19-20-18(15-9-3-1-2-4-10-15)17-13-7-11-14-8-5-6-12-16(14)17/h5-6,8,12,15,17-18,20H,1-4,7,9-11,13,19H2. The molecule has 1 aromatic rings. The minimum Gasteiger partial charge on any atom is -0.271 e. The Hall–Kier alpha value is -0.860. The summed E-state index contributed by atoms with van der Waals surface area (Å²) in [6.45, 7) is 0. The van der Waals surface area contributed by atoms with E-state index in [0.717, 1.165) is 5.92 Å². The zero-order chi connectivity index (χ0) is 13.8. The van der Waals surface area contributed by atoms with E-state index in [0.29, 0.717) is 12.0 Å². The van der Waals surface area contributed by atoms with E-state index >= 15 is 0 Å². The zero-order valence-electron chi connectivity index (χ0n) is 12.5. The Balaban J connectivity index is 1.82. The van der Waals surface area contributed by atoms with E-state index < -0.39 is 0 Å². The first-order valence-corrected chi connectivity index (χ1v) is 8.44. The molecule has 0 bridgehead atoms. The molecule has 2 unspecified atom stereocenters. The molecule has 20 heavy (non-hydrogen) atoms. The van der Waals surface area contributed by atoms with E-state index in [1.54, 1.807) is 11.1 Å². The number of hydrazine groups is 1. The van der Waals surface area contributed by atoms with E-state index in [-0.39, 0.29) is 0 Å². The molecule has 110 valence electrons. The molecule has 3 N–H and O–H groups in total. The highest BCUT2D eigenvalue weighted by Crippen LogP contribution is 2.39. The summed E-state index contributed by atoms with van der Waals surface area (Å²) >= 11 is 0. The Kier molecular flexibility index (Phi) is 4.74. The van der Waals surface area contributed by atoms with Crippen molar-refractivity contribution in [2.75, 3.05) is 0 Å². The van der Waals surface area contributed by atoms with Crippen LogP contribution in [-0.4, -0.2) is 6.04 Å². The van der Waals surface area contributed by atoms with Crippen LogP contribution >= 0.6 is 0 Å². The highest BCUT2D eigenvalue weighted by Gasteiger charge is 2.32. The van der Waals surface area contributed by atoms with Crippen molar-refractivity contribution in [1.82, 2.24) is 5.43 Å². The lowest BCUT2D eigenvalue weighted by Crippen LogP contribution is -2.46. The molecule has 0 heterocycles. The van der Waals surface area contributed by atoms with Crippen LogP contribution in [0, 0.1) is 5.92 Å². The second-order valence-corrected chi connectivity index (χ2v) is 6.64. The number of hydrogen-bond donors (Lipinski definition) is 2. The van der Waals surface area contributed by atoms with Crippen molar-refractivity contribution in [1.29, 1.82) is 0 Å². The van der Waals surface area contributed by atoms with Crippen molar-refractivity contribution in [3.05, 3.63) is 35.4 Å². The van der Waals surface area contributed by atoms with Gasteiger partial charge in [-0.3, -0.25) is 11.3 Å². The topological polar surface area (TPSA) is 38.0 Å². The van der Waals surface area contributed by atoms with Gasteiger partial charge in [0.25, 0.3) is 0 Å². The average Bonchev–Trinajstić information content (AvgIpc) is 2.78. The zero-order valence-corrected chi connectivity index (χ0v) is 12.5. The molecule has 1 aromatic carbocycles. The van der Waals surface area contributed by atoms with Gasteiger partial charge in [0.1, 0.15) is 0 Å². The van der Waals surface area contributed by atoms with Gasteiger partial charge < -0.3 is 0 Å². The molecule has 1 fully saturated rings. The summed E-state index contributed by atoms with van der Waals surface area (Å²) in [6.07, 6.45) is 12.2. The number of nitrogens with one attached hydrogen (secondary N) is 1. The lowest BCUT2D eigenvalue weighted by molar-refractivity contribution is 0.265. The van der Waals surface area contributed by atoms with Gasteiger partial charge in [0.15, 0.2) is 0 Å². The molecule has 0 aliphatic heterocycles. The fraction of sp³-hybridized carbons (Fsp3) is 0.667. The van der Waals surface area contributed by atoms with Gasteiger partial charge in [0.2, 0.25) is 0 Å². The Bertz CT molecular complexity index is 421. The fourth-order valence-electron chi connectivity index (χ4n) is 4.42. The molecule has 2 heteroatoms. The highest BCUT2D eigenvalue weighted by atomic mass is 15.2. The maximum Gasteiger partial charge on any atom is 0.0307 e. The summed E-state index contributed by atoms with van der Waals surface area (Å²) in [5.41, 5.74) is 6.32. The van der Waals surface area contributed by atoms with Gasteiger partial charge in [-0.1, -0.05) is 49.9 Å². The second kappa shape index (κ2) is 6.73. The smallest absolute Gasteiger partial charge is 0.0307 e. The first-order chi connectivity index (χ1) is 9.90. The van der Waals surface area contributed by atoms with Gasteiger partial charge in [0, 0.05) is 12.0 Å². The summed E-state index contributed by atoms with van der Waals surface area (Å²) in [7, 11) is 0. The van der Waals surface area contributed by atoms with E-state index in [9.17, 15) is 0 Å². The van der Waals surface area contributed by atoms with Crippen molar-refractivity contribution >= 4 is 0 Å². The van der Waals surface area contributed by atoms with Crippen LogP contribution in [-0.2, 0) is 6.42 Å². The second-order valence-electron chi connectivity index (χ2n) is 6.64. The van der Waals surface area contributed by atoms with E-state index in [1.807, 2.05) is 0 Å². The van der Waals surface area contributed by atoms with Gasteiger partial charge in [-0.25, -0.2) is 0 Å². The third-order valence-corrected chi connectivity index (χ3v) is 5.45. The molecule has 2 aliphatic carbocycles. The minimum atomic E-state index is 0.467. The maximum absolute atomic E-state index is 5.99. The van der Waals surface area contributed by atoms with Crippen LogP contribution in [0.3, 0.4) is 0 Å². The number of fused-ring (bicyclic) bond motifs is 1. The summed E-state index contributed by atoms with van der Waals surface area (Å²) < 4.78 is 0. The fourth-order valence-corrected chi connectivity index (χ4v) is 4.42. The summed E-state index contributed by atoms with van der Waals surface area (Å²) in [4.78, 5) is 0.